The Kier molecular flexibility index (Phi) is 6.90. The number of hydrogen-bond donors (Lipinski definition) is 0. The molecule has 0 N–H and O–H groups in total. The summed E-state index contributed by atoms with van der Waals surface area (Å²) in [5.74, 6) is 2.95. The van der Waals surface area contributed by atoms with Crippen molar-refractivity contribution in [2.45, 2.75) is 77.5 Å². The molecule has 0 spiro atoms. The third-order valence-electron chi connectivity index (χ3n) is 6.31. The molecule has 2 heterocycles. The normalized spacial score (nSPS) is 19.5. The van der Waals surface area contributed by atoms with Gasteiger partial charge in [-0.05, 0) is 50.8 Å². The topological polar surface area (TPSA) is 71.7 Å². The zero-order valence-electron chi connectivity index (χ0n) is 18.9. The van der Waals surface area contributed by atoms with Crippen molar-refractivity contribution < 1.29 is 14.1 Å². The van der Waals surface area contributed by atoms with Gasteiger partial charge in [-0.1, -0.05) is 23.7 Å². The van der Waals surface area contributed by atoms with Crippen LogP contribution >= 0.6 is 0 Å². The van der Waals surface area contributed by atoms with Gasteiger partial charge >= 0.3 is 0 Å². The van der Waals surface area contributed by atoms with Crippen molar-refractivity contribution in [2.24, 2.45) is 0 Å². The lowest BCUT2D eigenvalue weighted by Gasteiger charge is -2.28. The molecule has 0 radical (unpaired) electrons. The number of nitrogens with zero attached hydrogens (tertiary/aromatic N) is 4. The molecule has 31 heavy (non-hydrogen) atoms. The number of ether oxygens (including phenoxy) is 1. The Morgan fingerprint density at radius 2 is 2.03 bits per heavy atom. The first-order valence-corrected chi connectivity index (χ1v) is 11.6. The molecule has 2 aromatic rings. The summed E-state index contributed by atoms with van der Waals surface area (Å²) < 4.78 is 11.1. The van der Waals surface area contributed by atoms with Crippen LogP contribution in [0.15, 0.2) is 28.8 Å². The number of amides is 1. The lowest BCUT2D eigenvalue weighted by atomic mass is 9.85. The van der Waals surface area contributed by atoms with Crippen LogP contribution in [0.5, 0.6) is 5.75 Å². The summed E-state index contributed by atoms with van der Waals surface area (Å²) in [4.78, 5) is 21.3. The van der Waals surface area contributed by atoms with Crippen LogP contribution in [0.4, 0.5) is 0 Å². The molecule has 168 valence electrons. The monoisotopic (exact) mass is 426 g/mol. The predicted molar refractivity (Wildman–Crippen MR) is 118 cm³/mol. The van der Waals surface area contributed by atoms with E-state index in [0.29, 0.717) is 24.7 Å². The highest BCUT2D eigenvalue weighted by Gasteiger charge is 2.30. The lowest BCUT2D eigenvalue weighted by Crippen LogP contribution is -2.42. The number of carbonyl (C=O) groups excluding carboxylic acids is 1. The van der Waals surface area contributed by atoms with Crippen LogP contribution in [0.1, 0.15) is 69.7 Å². The number of aromatic nitrogens is 2. The largest absolute Gasteiger partial charge is 0.491 e. The van der Waals surface area contributed by atoms with E-state index in [4.69, 9.17) is 9.26 Å². The van der Waals surface area contributed by atoms with Gasteiger partial charge in [-0.2, -0.15) is 4.98 Å². The van der Waals surface area contributed by atoms with Gasteiger partial charge in [0, 0.05) is 51.5 Å². The van der Waals surface area contributed by atoms with Crippen molar-refractivity contribution in [2.75, 3.05) is 19.6 Å². The molecule has 2 fully saturated rings. The molecule has 1 amide bonds. The molecule has 7 nitrogen and oxygen atoms in total. The van der Waals surface area contributed by atoms with Crippen LogP contribution in [0, 0.1) is 0 Å². The molecule has 1 atom stereocenters. The van der Waals surface area contributed by atoms with Gasteiger partial charge in [0.25, 0.3) is 0 Å². The quantitative estimate of drug-likeness (QED) is 0.608. The van der Waals surface area contributed by atoms with Gasteiger partial charge in [0.2, 0.25) is 11.8 Å². The summed E-state index contributed by atoms with van der Waals surface area (Å²) in [5, 5.41) is 4.13. The van der Waals surface area contributed by atoms with Gasteiger partial charge in [0.15, 0.2) is 5.82 Å². The minimum Gasteiger partial charge on any atom is -0.491 e. The van der Waals surface area contributed by atoms with Gasteiger partial charge in [-0.3, -0.25) is 9.69 Å². The Morgan fingerprint density at radius 3 is 2.68 bits per heavy atom. The van der Waals surface area contributed by atoms with E-state index in [-0.39, 0.29) is 18.1 Å². The fraction of sp³-hybridized carbons (Fsp3) is 0.625. The molecular formula is C24H34N4O3. The summed E-state index contributed by atoms with van der Waals surface area (Å²) in [6.45, 7) is 9.14. The maximum Gasteiger partial charge on any atom is 0.229 e. The van der Waals surface area contributed by atoms with Crippen LogP contribution < -0.4 is 4.74 Å². The molecule has 7 heteroatoms. The van der Waals surface area contributed by atoms with Crippen molar-refractivity contribution in [3.63, 3.8) is 0 Å². The second-order valence-corrected chi connectivity index (χ2v) is 9.13. The lowest BCUT2D eigenvalue weighted by molar-refractivity contribution is -0.130. The summed E-state index contributed by atoms with van der Waals surface area (Å²) in [5.41, 5.74) is 1.27. The van der Waals surface area contributed by atoms with E-state index in [1.807, 2.05) is 30.9 Å². The third kappa shape index (κ3) is 5.64. The highest BCUT2D eigenvalue weighted by Crippen LogP contribution is 2.35. The van der Waals surface area contributed by atoms with Crippen molar-refractivity contribution in [1.82, 2.24) is 19.9 Å². The van der Waals surface area contributed by atoms with E-state index >= 15 is 0 Å². The van der Waals surface area contributed by atoms with Gasteiger partial charge < -0.3 is 14.2 Å². The van der Waals surface area contributed by atoms with E-state index in [0.717, 1.165) is 50.5 Å². The van der Waals surface area contributed by atoms with Crippen LogP contribution in [-0.4, -0.2) is 57.6 Å². The zero-order chi connectivity index (χ0) is 21.8. The second kappa shape index (κ2) is 9.81. The average molecular weight is 427 g/mol. The smallest absolute Gasteiger partial charge is 0.229 e. The van der Waals surface area contributed by atoms with E-state index in [1.165, 1.54) is 12.0 Å². The Balaban J connectivity index is 1.28. The maximum absolute atomic E-state index is 12.3. The SMILES string of the molecule is CC(=O)N(CCc1noc(C2CCC2)n1)C1CCN(Cc2ccc(OC(C)C)cc2)C1. The van der Waals surface area contributed by atoms with Crippen molar-refractivity contribution in [3.05, 3.63) is 41.5 Å². The molecule has 1 aliphatic carbocycles. The highest BCUT2D eigenvalue weighted by molar-refractivity contribution is 5.73. The van der Waals surface area contributed by atoms with Crippen molar-refractivity contribution in [3.8, 4) is 5.75 Å². The van der Waals surface area contributed by atoms with E-state index in [1.54, 1.807) is 6.92 Å². The molecular weight excluding hydrogens is 392 g/mol. The first kappa shape index (κ1) is 21.8. The van der Waals surface area contributed by atoms with Crippen LogP contribution in [-0.2, 0) is 17.8 Å². The average Bonchev–Trinajstić information content (AvgIpc) is 3.32. The molecule has 1 unspecified atom stereocenters. The Bertz CT molecular complexity index is 860. The number of benzene rings is 1. The van der Waals surface area contributed by atoms with Gasteiger partial charge in [-0.25, -0.2) is 0 Å². The fourth-order valence-corrected chi connectivity index (χ4v) is 4.42. The van der Waals surface area contributed by atoms with E-state index in [9.17, 15) is 4.79 Å². The zero-order valence-corrected chi connectivity index (χ0v) is 18.9. The Morgan fingerprint density at radius 1 is 1.26 bits per heavy atom. The molecule has 1 aromatic carbocycles. The highest BCUT2D eigenvalue weighted by atomic mass is 16.5. The first-order chi connectivity index (χ1) is 15.0. The molecule has 1 aliphatic heterocycles. The van der Waals surface area contributed by atoms with E-state index < -0.39 is 0 Å². The van der Waals surface area contributed by atoms with Crippen LogP contribution in [0.2, 0.25) is 0 Å². The van der Waals surface area contributed by atoms with Crippen molar-refractivity contribution in [1.29, 1.82) is 0 Å². The number of hydrogen-bond acceptors (Lipinski definition) is 6. The molecule has 1 aromatic heterocycles. The molecule has 4 rings (SSSR count). The number of carbonyl (C=O) groups is 1. The minimum absolute atomic E-state index is 0.116. The van der Waals surface area contributed by atoms with Gasteiger partial charge in [0.1, 0.15) is 5.75 Å². The van der Waals surface area contributed by atoms with Crippen LogP contribution in [0.3, 0.4) is 0 Å². The third-order valence-corrected chi connectivity index (χ3v) is 6.31. The second-order valence-electron chi connectivity index (χ2n) is 9.13. The maximum atomic E-state index is 12.3. The number of rotatable bonds is 9. The van der Waals surface area contributed by atoms with Crippen molar-refractivity contribution >= 4 is 5.91 Å². The van der Waals surface area contributed by atoms with Gasteiger partial charge in [0.05, 0.1) is 6.10 Å². The molecule has 1 saturated heterocycles. The summed E-state index contributed by atoms with van der Waals surface area (Å²) in [7, 11) is 0. The molecule has 0 bridgehead atoms. The molecule has 1 saturated carbocycles. The summed E-state index contributed by atoms with van der Waals surface area (Å²) in [6, 6.07) is 8.56. The van der Waals surface area contributed by atoms with Crippen LogP contribution in [0.25, 0.3) is 0 Å². The Labute approximate surface area is 184 Å². The minimum atomic E-state index is 0.116. The predicted octanol–water partition coefficient (Wildman–Crippen LogP) is 3.79. The number of likely N-dealkylation sites (tertiary alicyclic amines) is 1. The summed E-state index contributed by atoms with van der Waals surface area (Å²) >= 11 is 0. The fourth-order valence-electron chi connectivity index (χ4n) is 4.42. The van der Waals surface area contributed by atoms with E-state index in [2.05, 4.69) is 27.2 Å². The standard InChI is InChI=1S/C24H34N4O3/c1-17(2)30-22-9-7-19(8-10-22)15-27-13-11-21(16-27)28(18(3)29)14-12-23-25-24(31-26-23)20-5-4-6-20/h7-10,17,20-21H,4-6,11-16H2,1-3H3. The van der Waals surface area contributed by atoms with Gasteiger partial charge in [-0.15, -0.1) is 0 Å². The Hall–Kier alpha value is -2.41. The summed E-state index contributed by atoms with van der Waals surface area (Å²) in [6.07, 6.45) is 5.35. The first-order valence-electron chi connectivity index (χ1n) is 11.6. The molecule has 2 aliphatic rings.